The molecule has 0 spiro atoms. The van der Waals surface area contributed by atoms with Crippen molar-refractivity contribution in [3.63, 3.8) is 0 Å². The fourth-order valence-electron chi connectivity index (χ4n) is 1.67. The highest BCUT2D eigenvalue weighted by Crippen LogP contribution is 2.26. The molecule has 2 rings (SSSR count). The van der Waals surface area contributed by atoms with E-state index in [1.54, 1.807) is 12.1 Å². The van der Waals surface area contributed by atoms with Crippen molar-refractivity contribution < 1.29 is 4.39 Å². The van der Waals surface area contributed by atoms with Crippen molar-refractivity contribution in [1.29, 1.82) is 0 Å². The number of anilines is 2. The van der Waals surface area contributed by atoms with Crippen molar-refractivity contribution >= 4 is 23.0 Å². The lowest BCUT2D eigenvalue weighted by Gasteiger charge is -2.20. The van der Waals surface area contributed by atoms with Crippen LogP contribution in [0.3, 0.4) is 0 Å². The topological polar surface area (TPSA) is 3.24 Å². The van der Waals surface area contributed by atoms with E-state index in [-0.39, 0.29) is 5.82 Å². The Morgan fingerprint density at radius 1 is 1.06 bits per heavy atom. The molecule has 0 fully saturated rings. The average Bonchev–Trinajstić information content (AvgIpc) is 2.39. The lowest BCUT2D eigenvalue weighted by Crippen LogP contribution is -2.10. The molecular formula is C14H13ClFN. The standard InChI is InChI=1S/C14H13ClFN/c1-17(14-5-3-2-4-13(14)16)12-8-6-11(10-15)7-9-12/h2-9H,10H2,1H3. The third-order valence-electron chi connectivity index (χ3n) is 2.69. The van der Waals surface area contributed by atoms with E-state index in [1.165, 1.54) is 6.07 Å². The largest absolute Gasteiger partial charge is 0.342 e. The van der Waals surface area contributed by atoms with Crippen LogP contribution < -0.4 is 4.90 Å². The van der Waals surface area contributed by atoms with Crippen molar-refractivity contribution in [2.24, 2.45) is 0 Å². The van der Waals surface area contributed by atoms with Crippen molar-refractivity contribution in [2.45, 2.75) is 5.88 Å². The summed E-state index contributed by atoms with van der Waals surface area (Å²) in [5, 5.41) is 0. The van der Waals surface area contributed by atoms with Crippen molar-refractivity contribution in [3.05, 3.63) is 59.9 Å². The summed E-state index contributed by atoms with van der Waals surface area (Å²) < 4.78 is 13.6. The third-order valence-corrected chi connectivity index (χ3v) is 3.00. The van der Waals surface area contributed by atoms with Crippen LogP contribution in [-0.4, -0.2) is 7.05 Å². The van der Waals surface area contributed by atoms with E-state index < -0.39 is 0 Å². The monoisotopic (exact) mass is 249 g/mol. The minimum Gasteiger partial charge on any atom is -0.342 e. The van der Waals surface area contributed by atoms with Crippen LogP contribution in [0.2, 0.25) is 0 Å². The predicted molar refractivity (Wildman–Crippen MR) is 70.5 cm³/mol. The Balaban J connectivity index is 2.30. The number of hydrogen-bond donors (Lipinski definition) is 0. The smallest absolute Gasteiger partial charge is 0.146 e. The lowest BCUT2D eigenvalue weighted by molar-refractivity contribution is 0.627. The Kier molecular flexibility index (Phi) is 3.64. The van der Waals surface area contributed by atoms with E-state index in [0.717, 1.165) is 11.3 Å². The van der Waals surface area contributed by atoms with Gasteiger partial charge in [0, 0.05) is 18.6 Å². The molecule has 0 radical (unpaired) electrons. The normalized spacial score (nSPS) is 10.3. The number of hydrogen-bond acceptors (Lipinski definition) is 1. The second-order valence-electron chi connectivity index (χ2n) is 3.81. The van der Waals surface area contributed by atoms with Gasteiger partial charge in [-0.25, -0.2) is 4.39 Å². The Morgan fingerprint density at radius 3 is 2.29 bits per heavy atom. The molecule has 0 aliphatic carbocycles. The van der Waals surface area contributed by atoms with Gasteiger partial charge in [-0.05, 0) is 29.8 Å². The first kappa shape index (κ1) is 11.9. The van der Waals surface area contributed by atoms with Crippen molar-refractivity contribution in [1.82, 2.24) is 0 Å². The molecule has 17 heavy (non-hydrogen) atoms. The molecule has 0 heterocycles. The molecule has 0 aliphatic heterocycles. The van der Waals surface area contributed by atoms with Crippen molar-refractivity contribution in [3.8, 4) is 0 Å². The molecule has 2 aromatic carbocycles. The summed E-state index contributed by atoms with van der Waals surface area (Å²) >= 11 is 5.73. The highest BCUT2D eigenvalue weighted by Gasteiger charge is 2.08. The molecule has 0 bridgehead atoms. The first-order valence-corrected chi connectivity index (χ1v) is 5.89. The maximum absolute atomic E-state index is 13.6. The zero-order valence-electron chi connectivity index (χ0n) is 9.53. The molecule has 2 aromatic rings. The Labute approximate surface area is 105 Å². The second kappa shape index (κ2) is 5.19. The minimum atomic E-state index is -0.226. The number of benzene rings is 2. The summed E-state index contributed by atoms with van der Waals surface area (Å²) in [4.78, 5) is 1.81. The summed E-state index contributed by atoms with van der Waals surface area (Å²) in [7, 11) is 1.84. The first-order chi connectivity index (χ1) is 8.22. The van der Waals surface area contributed by atoms with Crippen LogP contribution in [-0.2, 0) is 5.88 Å². The summed E-state index contributed by atoms with van der Waals surface area (Å²) in [6, 6.07) is 14.5. The second-order valence-corrected chi connectivity index (χ2v) is 4.08. The van der Waals surface area contributed by atoms with Crippen LogP contribution in [0.5, 0.6) is 0 Å². The Morgan fingerprint density at radius 2 is 1.71 bits per heavy atom. The number of alkyl halides is 1. The van der Waals surface area contributed by atoms with E-state index in [2.05, 4.69) is 0 Å². The quantitative estimate of drug-likeness (QED) is 0.732. The van der Waals surface area contributed by atoms with Gasteiger partial charge in [-0.1, -0.05) is 24.3 Å². The molecule has 0 saturated heterocycles. The van der Waals surface area contributed by atoms with Gasteiger partial charge >= 0.3 is 0 Å². The molecule has 0 aliphatic rings. The van der Waals surface area contributed by atoms with Gasteiger partial charge in [-0.3, -0.25) is 0 Å². The summed E-state index contributed by atoms with van der Waals surface area (Å²) in [6.45, 7) is 0. The van der Waals surface area contributed by atoms with Gasteiger partial charge in [-0.2, -0.15) is 0 Å². The van der Waals surface area contributed by atoms with Crippen LogP contribution >= 0.6 is 11.6 Å². The first-order valence-electron chi connectivity index (χ1n) is 5.35. The fourth-order valence-corrected chi connectivity index (χ4v) is 1.85. The highest BCUT2D eigenvalue weighted by molar-refractivity contribution is 6.17. The van der Waals surface area contributed by atoms with Gasteiger partial charge in [0.25, 0.3) is 0 Å². The van der Waals surface area contributed by atoms with Gasteiger partial charge in [0.15, 0.2) is 0 Å². The average molecular weight is 250 g/mol. The van der Waals surface area contributed by atoms with Gasteiger partial charge in [-0.15, -0.1) is 11.6 Å². The van der Waals surface area contributed by atoms with E-state index in [4.69, 9.17) is 11.6 Å². The SMILES string of the molecule is CN(c1ccc(CCl)cc1)c1ccccc1F. The Bertz CT molecular complexity index is 496. The molecule has 0 unspecified atom stereocenters. The third kappa shape index (κ3) is 2.59. The molecule has 3 heteroatoms. The van der Waals surface area contributed by atoms with E-state index in [9.17, 15) is 4.39 Å². The molecular weight excluding hydrogens is 237 g/mol. The predicted octanol–water partition coefficient (Wildman–Crippen LogP) is 4.33. The molecule has 0 amide bonds. The number of halogens is 2. The van der Waals surface area contributed by atoms with Gasteiger partial charge in [0.2, 0.25) is 0 Å². The van der Waals surface area contributed by atoms with E-state index >= 15 is 0 Å². The fraction of sp³-hybridized carbons (Fsp3) is 0.143. The molecule has 1 nitrogen and oxygen atoms in total. The zero-order chi connectivity index (χ0) is 12.3. The molecule has 0 atom stereocenters. The van der Waals surface area contributed by atoms with Gasteiger partial charge in [0.1, 0.15) is 5.82 Å². The molecule has 0 aromatic heterocycles. The minimum absolute atomic E-state index is 0.226. The van der Waals surface area contributed by atoms with Crippen LogP contribution in [0.15, 0.2) is 48.5 Å². The lowest BCUT2D eigenvalue weighted by atomic mass is 10.2. The number of nitrogens with zero attached hydrogens (tertiary/aromatic N) is 1. The van der Waals surface area contributed by atoms with Crippen LogP contribution in [0.25, 0.3) is 0 Å². The van der Waals surface area contributed by atoms with Crippen molar-refractivity contribution in [2.75, 3.05) is 11.9 Å². The maximum Gasteiger partial charge on any atom is 0.146 e. The molecule has 0 saturated carbocycles. The summed E-state index contributed by atoms with van der Waals surface area (Å²) in [6.07, 6.45) is 0. The molecule has 88 valence electrons. The van der Waals surface area contributed by atoms with Crippen LogP contribution in [0, 0.1) is 5.82 Å². The van der Waals surface area contributed by atoms with Crippen LogP contribution in [0.1, 0.15) is 5.56 Å². The zero-order valence-corrected chi connectivity index (χ0v) is 10.3. The summed E-state index contributed by atoms with van der Waals surface area (Å²) in [5.74, 6) is 0.264. The Hall–Kier alpha value is -1.54. The van der Waals surface area contributed by atoms with E-state index in [1.807, 2.05) is 42.3 Å². The van der Waals surface area contributed by atoms with Crippen LogP contribution in [0.4, 0.5) is 15.8 Å². The highest BCUT2D eigenvalue weighted by atomic mass is 35.5. The maximum atomic E-state index is 13.6. The van der Waals surface area contributed by atoms with Gasteiger partial charge < -0.3 is 4.90 Å². The van der Waals surface area contributed by atoms with Gasteiger partial charge in [0.05, 0.1) is 5.69 Å². The summed E-state index contributed by atoms with van der Waals surface area (Å²) in [5.41, 5.74) is 2.55. The number of rotatable bonds is 3. The molecule has 0 N–H and O–H groups in total. The number of para-hydroxylation sites is 1. The van der Waals surface area contributed by atoms with E-state index in [0.29, 0.717) is 11.6 Å².